The number of esters is 1. The molecule has 0 spiro atoms. The molecule has 5 heterocycles. The zero-order valence-corrected chi connectivity index (χ0v) is 29.0. The van der Waals surface area contributed by atoms with Gasteiger partial charge in [0.25, 0.3) is 6.47 Å². The molecule has 2 aliphatic rings. The highest BCUT2D eigenvalue weighted by Crippen LogP contribution is 2.38. The number of aromatic nitrogens is 5. The van der Waals surface area contributed by atoms with Crippen molar-refractivity contribution in [2.24, 2.45) is 5.41 Å². The molecular formula is C33H40ClF2N9O6. The predicted molar refractivity (Wildman–Crippen MR) is 183 cm³/mol. The first-order chi connectivity index (χ1) is 24.5. The van der Waals surface area contributed by atoms with Gasteiger partial charge < -0.3 is 29.7 Å². The lowest BCUT2D eigenvalue weighted by Crippen LogP contribution is -2.51. The van der Waals surface area contributed by atoms with E-state index in [2.05, 4.69) is 30.3 Å². The molecule has 1 amide bonds. The minimum Gasteiger partial charge on any atom is -0.483 e. The first-order valence-corrected chi connectivity index (χ1v) is 16.7. The maximum Gasteiger partial charge on any atom is 0.387 e. The molecule has 4 aromatic rings. The van der Waals surface area contributed by atoms with Crippen molar-refractivity contribution in [2.45, 2.75) is 32.9 Å². The topological polar surface area (TPSA) is 160 Å². The number of nitrogens with one attached hydrogen (secondary N) is 1. The highest BCUT2D eigenvalue weighted by Gasteiger charge is 2.38. The predicted octanol–water partition coefficient (Wildman–Crippen LogP) is 3.71. The number of nitrogens with zero attached hydrogens (tertiary/aromatic N) is 8. The Bertz CT molecular complexity index is 1810. The van der Waals surface area contributed by atoms with Gasteiger partial charge in [0.2, 0.25) is 5.91 Å². The Balaban J connectivity index is 0.00000162. The molecule has 15 nitrogen and oxygen atoms in total. The summed E-state index contributed by atoms with van der Waals surface area (Å²) in [4.78, 5) is 44.8. The van der Waals surface area contributed by atoms with Gasteiger partial charge in [0.1, 0.15) is 23.7 Å². The zero-order chi connectivity index (χ0) is 36.5. The van der Waals surface area contributed by atoms with Gasteiger partial charge in [0, 0.05) is 68.4 Å². The van der Waals surface area contributed by atoms with Crippen LogP contribution in [0.4, 0.5) is 20.2 Å². The van der Waals surface area contributed by atoms with E-state index < -0.39 is 12.0 Å². The van der Waals surface area contributed by atoms with E-state index in [0.717, 1.165) is 52.1 Å². The van der Waals surface area contributed by atoms with Gasteiger partial charge in [-0.05, 0) is 57.1 Å². The summed E-state index contributed by atoms with van der Waals surface area (Å²) in [5, 5.41) is 19.4. The summed E-state index contributed by atoms with van der Waals surface area (Å²) >= 11 is 6.27. The fourth-order valence-electron chi connectivity index (χ4n) is 6.20. The maximum absolute atomic E-state index is 13.4. The third-order valence-corrected chi connectivity index (χ3v) is 9.35. The van der Waals surface area contributed by atoms with Crippen LogP contribution in [0.3, 0.4) is 0 Å². The molecule has 18 heteroatoms. The number of halogens is 3. The van der Waals surface area contributed by atoms with Crippen molar-refractivity contribution >= 4 is 47.0 Å². The van der Waals surface area contributed by atoms with Crippen LogP contribution in [0.2, 0.25) is 5.02 Å². The SMILES string of the molecule is COC(=O)C1(C)CCN(CCN2CCN(C(=O)Cn3cc(Nc4cnn5cccnc45)c(-c4cc(Cl)ccc4OC(F)F)n3)CC2)CC1.O=CO. The van der Waals surface area contributed by atoms with Crippen molar-refractivity contribution in [2.75, 3.05) is 64.8 Å². The van der Waals surface area contributed by atoms with E-state index in [1.54, 1.807) is 35.4 Å². The number of likely N-dealkylation sites (tertiary alicyclic amines) is 1. The standard InChI is InChI=1S/C32H38ClF2N9O4.CH2O2/c1-32(30(46)47-2)6-10-40(11-7-32)12-13-41-14-16-42(17-15-41)27(45)21-43-20-25(38-24-19-37-44-9-3-8-36-29(24)44)28(39-43)23-18-22(33)4-5-26(23)48-31(34)35;2-1-3/h3-5,8-9,18-20,31,38H,6-7,10-17,21H2,1-2H3;1H,(H,2,3). The second-order valence-electron chi connectivity index (χ2n) is 12.4. The van der Waals surface area contributed by atoms with Crippen LogP contribution in [0.25, 0.3) is 16.9 Å². The van der Waals surface area contributed by atoms with Crippen LogP contribution < -0.4 is 10.1 Å². The number of benzene rings is 1. The van der Waals surface area contributed by atoms with Gasteiger partial charge in [-0.15, -0.1) is 0 Å². The van der Waals surface area contributed by atoms with Gasteiger partial charge in [-0.2, -0.15) is 19.0 Å². The number of hydrogen-bond acceptors (Lipinski definition) is 11. The smallest absolute Gasteiger partial charge is 0.387 e. The maximum atomic E-state index is 13.4. The fourth-order valence-corrected chi connectivity index (χ4v) is 6.37. The molecule has 0 aliphatic carbocycles. The lowest BCUT2D eigenvalue weighted by molar-refractivity contribution is -0.154. The van der Waals surface area contributed by atoms with Gasteiger partial charge >= 0.3 is 12.6 Å². The fraction of sp³-hybridized carbons (Fsp3) is 0.455. The average Bonchev–Trinajstić information content (AvgIpc) is 3.72. The van der Waals surface area contributed by atoms with Crippen LogP contribution in [-0.4, -0.2) is 129 Å². The van der Waals surface area contributed by atoms with Crippen LogP contribution >= 0.6 is 11.6 Å². The van der Waals surface area contributed by atoms with E-state index in [1.165, 1.54) is 30.0 Å². The van der Waals surface area contributed by atoms with E-state index >= 15 is 0 Å². The number of carboxylic acid groups (broad SMARTS) is 1. The number of carbonyl (C=O) groups is 3. The van der Waals surface area contributed by atoms with Crippen molar-refractivity contribution in [3.05, 3.63) is 54.1 Å². The molecule has 6 rings (SSSR count). The molecule has 51 heavy (non-hydrogen) atoms. The van der Waals surface area contributed by atoms with Crippen LogP contribution in [0, 0.1) is 5.41 Å². The molecule has 0 unspecified atom stereocenters. The summed E-state index contributed by atoms with van der Waals surface area (Å²) in [5.74, 6) is -0.354. The highest BCUT2D eigenvalue weighted by molar-refractivity contribution is 6.31. The van der Waals surface area contributed by atoms with E-state index in [9.17, 15) is 18.4 Å². The summed E-state index contributed by atoms with van der Waals surface area (Å²) < 4.78 is 39.5. The first-order valence-electron chi connectivity index (χ1n) is 16.3. The number of piperazine rings is 1. The Kier molecular flexibility index (Phi) is 12.4. The second-order valence-corrected chi connectivity index (χ2v) is 12.8. The largest absolute Gasteiger partial charge is 0.483 e. The lowest BCUT2D eigenvalue weighted by atomic mass is 9.80. The Hall–Kier alpha value is -4.87. The molecule has 2 aliphatic heterocycles. The summed E-state index contributed by atoms with van der Waals surface area (Å²) in [6, 6.07) is 6.06. The van der Waals surface area contributed by atoms with Crippen molar-refractivity contribution < 1.29 is 37.7 Å². The van der Waals surface area contributed by atoms with Crippen LogP contribution in [-0.2, 0) is 25.7 Å². The Morgan fingerprint density at radius 2 is 1.78 bits per heavy atom. The van der Waals surface area contributed by atoms with Gasteiger partial charge in [-0.25, -0.2) is 9.50 Å². The Morgan fingerprint density at radius 3 is 2.45 bits per heavy atom. The summed E-state index contributed by atoms with van der Waals surface area (Å²) in [5.41, 5.74) is 1.62. The van der Waals surface area contributed by atoms with Crippen molar-refractivity contribution in [1.82, 2.24) is 39.1 Å². The van der Waals surface area contributed by atoms with Gasteiger partial charge in [-0.3, -0.25) is 24.0 Å². The van der Waals surface area contributed by atoms with E-state index in [4.69, 9.17) is 31.0 Å². The van der Waals surface area contributed by atoms with Gasteiger partial charge in [-0.1, -0.05) is 11.6 Å². The number of hydrogen-bond donors (Lipinski definition) is 2. The monoisotopic (exact) mass is 731 g/mol. The molecule has 0 radical (unpaired) electrons. The quantitative estimate of drug-likeness (QED) is 0.170. The summed E-state index contributed by atoms with van der Waals surface area (Å²) in [6.45, 7) is 4.75. The van der Waals surface area contributed by atoms with Crippen molar-refractivity contribution in [3.8, 4) is 17.0 Å². The van der Waals surface area contributed by atoms with E-state index in [0.29, 0.717) is 35.1 Å². The molecule has 1 aromatic carbocycles. The average molecular weight is 732 g/mol. The molecule has 2 fully saturated rings. The van der Waals surface area contributed by atoms with E-state index in [-0.39, 0.29) is 41.9 Å². The van der Waals surface area contributed by atoms with Crippen molar-refractivity contribution in [3.63, 3.8) is 0 Å². The molecule has 3 aromatic heterocycles. The van der Waals surface area contributed by atoms with Crippen LogP contribution in [0.15, 0.2) is 49.1 Å². The zero-order valence-electron chi connectivity index (χ0n) is 28.3. The van der Waals surface area contributed by atoms with Crippen LogP contribution in [0.5, 0.6) is 5.75 Å². The summed E-state index contributed by atoms with van der Waals surface area (Å²) in [7, 11) is 1.44. The highest BCUT2D eigenvalue weighted by atomic mass is 35.5. The molecule has 0 saturated carbocycles. The minimum absolute atomic E-state index is 0.0555. The summed E-state index contributed by atoms with van der Waals surface area (Å²) in [6.07, 6.45) is 8.17. The molecule has 2 N–H and O–H groups in total. The minimum atomic E-state index is -3.06. The number of ether oxygens (including phenoxy) is 2. The molecule has 0 bridgehead atoms. The Labute approximate surface area is 297 Å². The van der Waals surface area contributed by atoms with Gasteiger partial charge in [0.05, 0.1) is 24.4 Å². The third-order valence-electron chi connectivity index (χ3n) is 9.12. The number of anilines is 2. The number of carbonyl (C=O) groups excluding carboxylic acids is 2. The molecule has 2 saturated heterocycles. The van der Waals surface area contributed by atoms with Crippen LogP contribution in [0.1, 0.15) is 19.8 Å². The van der Waals surface area contributed by atoms with Gasteiger partial charge in [0.15, 0.2) is 5.65 Å². The Morgan fingerprint density at radius 1 is 1.10 bits per heavy atom. The van der Waals surface area contributed by atoms with E-state index in [1.807, 2.05) is 11.8 Å². The molecular weight excluding hydrogens is 692 g/mol. The lowest BCUT2D eigenvalue weighted by Gasteiger charge is -2.39. The number of rotatable bonds is 11. The first kappa shape index (κ1) is 37.4. The number of fused-ring (bicyclic) bond motifs is 1. The number of alkyl halides is 2. The second kappa shape index (κ2) is 16.9. The normalized spacial score (nSPS) is 16.4. The molecule has 0 atom stereocenters. The number of amides is 1. The molecule has 274 valence electrons. The van der Waals surface area contributed by atoms with Crippen molar-refractivity contribution in [1.29, 1.82) is 0 Å². The number of piperidine rings is 1. The third kappa shape index (κ3) is 9.28. The number of methoxy groups -OCH3 is 1.